The maximum Gasteiger partial charge on any atom is 0.309 e. The lowest BCUT2D eigenvalue weighted by Gasteiger charge is -2.15. The third-order valence-electron chi connectivity index (χ3n) is 5.79. The number of amides is 1. The minimum absolute atomic E-state index is 0.273. The van der Waals surface area contributed by atoms with Crippen molar-refractivity contribution in [3.05, 3.63) is 70.1 Å². The van der Waals surface area contributed by atoms with E-state index < -0.39 is 0 Å². The summed E-state index contributed by atoms with van der Waals surface area (Å²) in [4.78, 5) is 24.8. The minimum Gasteiger partial charge on any atom is -0.469 e. The average molecular weight is 480 g/mol. The van der Waals surface area contributed by atoms with E-state index in [1.165, 1.54) is 13.2 Å². The zero-order valence-corrected chi connectivity index (χ0v) is 20.9. The van der Waals surface area contributed by atoms with Crippen LogP contribution in [0.5, 0.6) is 0 Å². The van der Waals surface area contributed by atoms with Crippen molar-refractivity contribution in [3.8, 4) is 5.00 Å². The fourth-order valence-corrected chi connectivity index (χ4v) is 4.93. The van der Waals surface area contributed by atoms with E-state index in [2.05, 4.69) is 22.1 Å². The number of carbonyl (C=O) groups is 2. The molecule has 0 aliphatic heterocycles. The van der Waals surface area contributed by atoms with Crippen LogP contribution in [-0.2, 0) is 20.7 Å². The topological polar surface area (TPSA) is 110 Å². The fraction of sp³-hybridized carbons (Fsp3) is 0.320. The molecule has 0 unspecified atom stereocenters. The van der Waals surface area contributed by atoms with Crippen molar-refractivity contribution < 1.29 is 14.3 Å². The lowest BCUT2D eigenvalue weighted by Crippen LogP contribution is -2.20. The summed E-state index contributed by atoms with van der Waals surface area (Å²) in [6.07, 6.45) is 2.23. The van der Waals surface area contributed by atoms with Crippen LogP contribution in [0.25, 0.3) is 5.00 Å². The van der Waals surface area contributed by atoms with Crippen LogP contribution in [0.2, 0.25) is 0 Å². The number of hydrogen-bond donors (Lipinski definition) is 2. The van der Waals surface area contributed by atoms with E-state index in [4.69, 9.17) is 10.1 Å². The van der Waals surface area contributed by atoms with E-state index in [0.29, 0.717) is 41.5 Å². The highest BCUT2D eigenvalue weighted by atomic mass is 32.1. The Morgan fingerprint density at radius 3 is 2.50 bits per heavy atom. The quantitative estimate of drug-likeness (QED) is 0.266. The molecule has 0 fully saturated rings. The first-order valence-corrected chi connectivity index (χ1v) is 11.7. The highest BCUT2D eigenvalue weighted by Crippen LogP contribution is 2.34. The molecule has 34 heavy (non-hydrogen) atoms. The van der Waals surface area contributed by atoms with Crippen LogP contribution in [-0.4, -0.2) is 39.5 Å². The average Bonchev–Trinajstić information content (AvgIpc) is 3.34. The normalized spacial score (nSPS) is 11.7. The standard InChI is InChI=1S/C25H29N5O3S/c1-7-17(25(32)33-6)13-20-29-28-16(5)30(20)24-22(14(3)15(4)34-24)23(26)18-9-11-19(12-10-18)27-21(31)8-2/h8-12,17,26H,2,7,13H2,1,3-6H3,(H,27,31)/t17-/m1/s1. The summed E-state index contributed by atoms with van der Waals surface area (Å²) in [6, 6.07) is 7.14. The minimum atomic E-state index is -0.323. The molecule has 0 aliphatic carbocycles. The number of anilines is 1. The molecule has 0 aliphatic rings. The molecule has 0 radical (unpaired) electrons. The summed E-state index contributed by atoms with van der Waals surface area (Å²) in [7, 11) is 1.39. The Kier molecular flexibility index (Phi) is 7.78. The van der Waals surface area contributed by atoms with Gasteiger partial charge in [0, 0.05) is 28.1 Å². The number of thiophene rings is 1. The first-order chi connectivity index (χ1) is 16.2. The maximum atomic E-state index is 12.2. The van der Waals surface area contributed by atoms with Gasteiger partial charge in [0.05, 0.1) is 18.7 Å². The molecule has 0 spiro atoms. The van der Waals surface area contributed by atoms with E-state index in [1.807, 2.05) is 44.4 Å². The number of benzene rings is 1. The molecule has 2 heterocycles. The molecule has 3 rings (SSSR count). The highest BCUT2D eigenvalue weighted by Gasteiger charge is 2.26. The molecule has 1 aromatic carbocycles. The van der Waals surface area contributed by atoms with Gasteiger partial charge in [-0.25, -0.2) is 0 Å². The smallest absolute Gasteiger partial charge is 0.309 e. The SMILES string of the molecule is C=CC(=O)Nc1ccc(C(=N)c2c(-n3c(C)nnc3C[C@@H](CC)C(=O)OC)sc(C)c2C)cc1. The van der Waals surface area contributed by atoms with Crippen LogP contribution < -0.4 is 5.32 Å². The predicted octanol–water partition coefficient (Wildman–Crippen LogP) is 4.54. The Hall–Kier alpha value is -3.59. The van der Waals surface area contributed by atoms with Crippen molar-refractivity contribution in [3.63, 3.8) is 0 Å². The second-order valence-corrected chi connectivity index (χ2v) is 9.14. The van der Waals surface area contributed by atoms with Gasteiger partial charge >= 0.3 is 5.97 Å². The first-order valence-electron chi connectivity index (χ1n) is 10.9. The van der Waals surface area contributed by atoms with E-state index in [1.54, 1.807) is 23.5 Å². The van der Waals surface area contributed by atoms with Crippen molar-refractivity contribution >= 4 is 34.6 Å². The number of aromatic nitrogens is 3. The predicted molar refractivity (Wildman–Crippen MR) is 134 cm³/mol. The Morgan fingerprint density at radius 2 is 1.91 bits per heavy atom. The third kappa shape index (κ3) is 4.99. The molecule has 2 N–H and O–H groups in total. The van der Waals surface area contributed by atoms with E-state index >= 15 is 0 Å². The van der Waals surface area contributed by atoms with Crippen LogP contribution in [0.1, 0.15) is 46.6 Å². The number of rotatable bonds is 9. The number of nitrogens with zero attached hydrogens (tertiary/aromatic N) is 3. The lowest BCUT2D eigenvalue weighted by atomic mass is 9.99. The molecule has 178 valence electrons. The Morgan fingerprint density at radius 1 is 1.24 bits per heavy atom. The summed E-state index contributed by atoms with van der Waals surface area (Å²) in [5.74, 6) is 0.461. The van der Waals surface area contributed by atoms with Gasteiger partial charge in [0.1, 0.15) is 16.6 Å². The van der Waals surface area contributed by atoms with Gasteiger partial charge in [0.15, 0.2) is 0 Å². The number of methoxy groups -OCH3 is 1. The number of carbonyl (C=O) groups excluding carboxylic acids is 2. The van der Waals surface area contributed by atoms with Gasteiger partial charge in [0.25, 0.3) is 0 Å². The zero-order valence-electron chi connectivity index (χ0n) is 20.1. The number of hydrogen-bond acceptors (Lipinski definition) is 7. The Bertz CT molecular complexity index is 1240. The highest BCUT2D eigenvalue weighted by molar-refractivity contribution is 7.15. The number of esters is 1. The third-order valence-corrected chi connectivity index (χ3v) is 6.99. The second-order valence-electron chi connectivity index (χ2n) is 7.94. The summed E-state index contributed by atoms with van der Waals surface area (Å²) in [5.41, 5.74) is 3.50. The monoisotopic (exact) mass is 479 g/mol. The molecule has 0 saturated heterocycles. The van der Waals surface area contributed by atoms with Crippen molar-refractivity contribution in [2.75, 3.05) is 12.4 Å². The summed E-state index contributed by atoms with van der Waals surface area (Å²) in [6.45, 7) is 11.3. The van der Waals surface area contributed by atoms with Crippen LogP contribution in [0, 0.1) is 32.1 Å². The number of ether oxygens (including phenoxy) is 1. The largest absolute Gasteiger partial charge is 0.469 e. The first kappa shape index (κ1) is 25.0. The van der Waals surface area contributed by atoms with Crippen LogP contribution in [0.3, 0.4) is 0 Å². The fourth-order valence-electron chi connectivity index (χ4n) is 3.70. The number of nitrogens with one attached hydrogen (secondary N) is 2. The van der Waals surface area contributed by atoms with Gasteiger partial charge in [-0.2, -0.15) is 0 Å². The van der Waals surface area contributed by atoms with Crippen LogP contribution in [0.15, 0.2) is 36.9 Å². The molecule has 1 atom stereocenters. The molecule has 3 aromatic rings. The molecule has 0 bridgehead atoms. The van der Waals surface area contributed by atoms with E-state index in [-0.39, 0.29) is 17.8 Å². The summed E-state index contributed by atoms with van der Waals surface area (Å²) < 4.78 is 6.90. The molecule has 0 saturated carbocycles. The van der Waals surface area contributed by atoms with Crippen LogP contribution in [0.4, 0.5) is 5.69 Å². The summed E-state index contributed by atoms with van der Waals surface area (Å²) in [5, 5.41) is 21.2. The van der Waals surface area contributed by atoms with Crippen molar-refractivity contribution in [1.29, 1.82) is 5.41 Å². The second kappa shape index (κ2) is 10.6. The van der Waals surface area contributed by atoms with E-state index in [9.17, 15) is 9.59 Å². The van der Waals surface area contributed by atoms with Gasteiger partial charge in [-0.15, -0.1) is 21.5 Å². The van der Waals surface area contributed by atoms with Gasteiger partial charge in [-0.1, -0.05) is 25.6 Å². The Labute approximate surface area is 203 Å². The molecule has 2 aromatic heterocycles. The van der Waals surface area contributed by atoms with Crippen molar-refractivity contribution in [2.24, 2.45) is 5.92 Å². The van der Waals surface area contributed by atoms with Crippen molar-refractivity contribution in [2.45, 2.75) is 40.5 Å². The van der Waals surface area contributed by atoms with Gasteiger partial charge in [0.2, 0.25) is 5.91 Å². The maximum absolute atomic E-state index is 12.2. The van der Waals surface area contributed by atoms with Crippen molar-refractivity contribution in [1.82, 2.24) is 14.8 Å². The molecule has 8 nitrogen and oxygen atoms in total. The molecule has 1 amide bonds. The molecular formula is C25H29N5O3S. The Balaban J connectivity index is 2.03. The summed E-state index contributed by atoms with van der Waals surface area (Å²) >= 11 is 1.57. The molecule has 9 heteroatoms. The zero-order chi connectivity index (χ0) is 25.0. The van der Waals surface area contributed by atoms with Gasteiger partial charge < -0.3 is 10.1 Å². The van der Waals surface area contributed by atoms with Gasteiger partial charge in [-0.05, 0) is 51.0 Å². The van der Waals surface area contributed by atoms with E-state index in [0.717, 1.165) is 21.0 Å². The van der Waals surface area contributed by atoms with Crippen LogP contribution >= 0.6 is 11.3 Å². The molecular weight excluding hydrogens is 450 g/mol. The number of aryl methyl sites for hydroxylation is 2. The van der Waals surface area contributed by atoms with Gasteiger partial charge in [-0.3, -0.25) is 19.6 Å². The lowest BCUT2D eigenvalue weighted by molar-refractivity contribution is -0.145.